The highest BCUT2D eigenvalue weighted by Gasteiger charge is 2.34. The van der Waals surface area contributed by atoms with Crippen molar-refractivity contribution in [1.29, 1.82) is 0 Å². The van der Waals surface area contributed by atoms with Crippen LogP contribution >= 0.6 is 24.0 Å². The summed E-state index contributed by atoms with van der Waals surface area (Å²) < 4.78 is 0.529. The van der Waals surface area contributed by atoms with Crippen LogP contribution in [0.25, 0.3) is 6.08 Å². The number of hydrogen-bond donors (Lipinski definition) is 1. The number of phenols is 1. The Morgan fingerprint density at radius 3 is 1.93 bits per heavy atom. The normalized spacial score (nSPS) is 16.6. The van der Waals surface area contributed by atoms with Crippen LogP contribution in [0.2, 0.25) is 0 Å². The van der Waals surface area contributed by atoms with E-state index in [1.54, 1.807) is 4.90 Å². The van der Waals surface area contributed by atoms with E-state index in [9.17, 15) is 9.90 Å². The van der Waals surface area contributed by atoms with Gasteiger partial charge < -0.3 is 5.11 Å². The Morgan fingerprint density at radius 1 is 0.967 bits per heavy atom. The van der Waals surface area contributed by atoms with Gasteiger partial charge in [-0.1, -0.05) is 83.2 Å². The second kappa shape index (κ2) is 7.86. The average molecular weight is 440 g/mol. The second-order valence-corrected chi connectivity index (χ2v) is 11.5. The maximum atomic E-state index is 13.1. The number of aryl methyl sites for hydroxylation is 1. The summed E-state index contributed by atoms with van der Waals surface area (Å²) >= 11 is 6.82. The summed E-state index contributed by atoms with van der Waals surface area (Å²) in [6, 6.07) is 11.7. The lowest BCUT2D eigenvalue weighted by atomic mass is 9.78. The van der Waals surface area contributed by atoms with Crippen molar-refractivity contribution in [2.75, 3.05) is 4.90 Å². The fourth-order valence-electron chi connectivity index (χ4n) is 3.42. The maximum Gasteiger partial charge on any atom is 0.270 e. The van der Waals surface area contributed by atoms with E-state index in [-0.39, 0.29) is 16.7 Å². The minimum Gasteiger partial charge on any atom is -0.507 e. The molecule has 30 heavy (non-hydrogen) atoms. The van der Waals surface area contributed by atoms with Crippen LogP contribution in [-0.2, 0) is 15.6 Å². The molecule has 1 heterocycles. The lowest BCUT2D eigenvalue weighted by Crippen LogP contribution is -2.27. The molecule has 2 aromatic rings. The van der Waals surface area contributed by atoms with Gasteiger partial charge in [-0.3, -0.25) is 9.69 Å². The Morgan fingerprint density at radius 2 is 1.47 bits per heavy atom. The summed E-state index contributed by atoms with van der Waals surface area (Å²) in [6.07, 6.45) is 1.89. The fourth-order valence-corrected chi connectivity index (χ4v) is 4.72. The fraction of sp³-hybridized carbons (Fsp3) is 0.360. The number of carbonyl (C=O) groups excluding carboxylic acids is 1. The highest BCUT2D eigenvalue weighted by molar-refractivity contribution is 8.27. The number of thiocarbonyl (C=S) groups is 1. The van der Waals surface area contributed by atoms with Gasteiger partial charge in [0.2, 0.25) is 0 Å². The first-order valence-corrected chi connectivity index (χ1v) is 11.2. The Balaban J connectivity index is 2.07. The molecule has 0 bridgehead atoms. The van der Waals surface area contributed by atoms with Gasteiger partial charge in [0.15, 0.2) is 4.32 Å². The summed E-state index contributed by atoms with van der Waals surface area (Å²) in [5.74, 6) is 0.218. The molecule has 1 fully saturated rings. The number of hydrogen-bond acceptors (Lipinski definition) is 4. The minimum atomic E-state index is -0.228. The monoisotopic (exact) mass is 439 g/mol. The highest BCUT2D eigenvalue weighted by atomic mass is 32.2. The van der Waals surface area contributed by atoms with E-state index in [0.29, 0.717) is 15.0 Å². The molecular weight excluding hydrogens is 410 g/mol. The zero-order valence-corrected chi connectivity index (χ0v) is 20.3. The van der Waals surface area contributed by atoms with Crippen molar-refractivity contribution in [3.05, 3.63) is 63.6 Å². The molecular formula is C25H29NO2S2. The number of nitrogens with zero attached hydrogens (tertiary/aromatic N) is 1. The Bertz CT molecular complexity index is 1000. The summed E-state index contributed by atoms with van der Waals surface area (Å²) in [4.78, 5) is 15.3. The minimum absolute atomic E-state index is 0.114. The van der Waals surface area contributed by atoms with Crippen molar-refractivity contribution >= 4 is 46.0 Å². The van der Waals surface area contributed by atoms with Gasteiger partial charge in [0, 0.05) is 11.1 Å². The third-order valence-corrected chi connectivity index (χ3v) is 6.43. The van der Waals surface area contributed by atoms with Crippen molar-refractivity contribution in [2.45, 2.75) is 59.3 Å². The molecule has 0 atom stereocenters. The first-order valence-electron chi connectivity index (χ1n) is 10.0. The SMILES string of the molecule is Cc1ccc(N2C(=O)/C(=C/c3cc(C(C)(C)C)c(O)c(C(C)(C)C)c3)SC2=S)cc1. The molecule has 0 saturated carbocycles. The molecule has 0 unspecified atom stereocenters. The van der Waals surface area contributed by atoms with Crippen molar-refractivity contribution in [3.8, 4) is 5.75 Å². The Kier molecular flexibility index (Phi) is 5.91. The van der Waals surface area contributed by atoms with Gasteiger partial charge in [0.1, 0.15) is 5.75 Å². The quantitative estimate of drug-likeness (QED) is 0.417. The molecule has 0 aliphatic carbocycles. The third-order valence-electron chi connectivity index (χ3n) is 5.13. The van der Waals surface area contributed by atoms with Gasteiger partial charge in [0.05, 0.1) is 10.6 Å². The molecule has 1 saturated heterocycles. The van der Waals surface area contributed by atoms with Crippen LogP contribution < -0.4 is 4.90 Å². The predicted molar refractivity (Wildman–Crippen MR) is 132 cm³/mol. The summed E-state index contributed by atoms with van der Waals surface area (Å²) in [7, 11) is 0. The number of carbonyl (C=O) groups is 1. The standard InChI is InChI=1S/C25H29NO2S2/c1-15-8-10-17(11-9-15)26-22(28)20(30-23(26)29)14-16-12-18(24(2,3)4)21(27)19(13-16)25(5,6)7/h8-14,27H,1-7H3/b20-14-. The van der Waals surface area contributed by atoms with Gasteiger partial charge in [-0.15, -0.1) is 0 Å². The second-order valence-electron chi connectivity index (χ2n) is 9.82. The van der Waals surface area contributed by atoms with Gasteiger partial charge in [-0.05, 0) is 53.7 Å². The molecule has 2 aromatic carbocycles. The molecule has 0 aromatic heterocycles. The van der Waals surface area contributed by atoms with E-state index in [0.717, 1.165) is 27.9 Å². The number of aromatic hydroxyl groups is 1. The van der Waals surface area contributed by atoms with Gasteiger partial charge in [-0.25, -0.2) is 0 Å². The maximum absolute atomic E-state index is 13.1. The van der Waals surface area contributed by atoms with Crippen molar-refractivity contribution in [1.82, 2.24) is 0 Å². The van der Waals surface area contributed by atoms with Gasteiger partial charge >= 0.3 is 0 Å². The van der Waals surface area contributed by atoms with E-state index in [4.69, 9.17) is 12.2 Å². The average Bonchev–Trinajstić information content (AvgIpc) is 2.89. The van der Waals surface area contributed by atoms with Crippen LogP contribution in [0.5, 0.6) is 5.75 Å². The smallest absolute Gasteiger partial charge is 0.270 e. The Labute approximate surface area is 189 Å². The Hall–Kier alpha value is -2.11. The van der Waals surface area contributed by atoms with E-state index in [1.807, 2.05) is 49.4 Å². The van der Waals surface area contributed by atoms with Crippen LogP contribution in [0.4, 0.5) is 5.69 Å². The highest BCUT2D eigenvalue weighted by Crippen LogP contribution is 2.41. The number of phenolic OH excluding ortho intramolecular Hbond substituents is 1. The largest absolute Gasteiger partial charge is 0.507 e. The lowest BCUT2D eigenvalue weighted by molar-refractivity contribution is -0.113. The molecule has 5 heteroatoms. The molecule has 1 aliphatic rings. The zero-order chi connectivity index (χ0) is 22.4. The van der Waals surface area contributed by atoms with E-state index in [2.05, 4.69) is 41.5 Å². The lowest BCUT2D eigenvalue weighted by Gasteiger charge is -2.28. The summed E-state index contributed by atoms with van der Waals surface area (Å²) in [5, 5.41) is 10.9. The van der Waals surface area contributed by atoms with Crippen LogP contribution in [-0.4, -0.2) is 15.3 Å². The topological polar surface area (TPSA) is 40.5 Å². The van der Waals surface area contributed by atoms with Crippen LogP contribution in [0.1, 0.15) is 63.8 Å². The van der Waals surface area contributed by atoms with Gasteiger partial charge in [-0.2, -0.15) is 0 Å². The number of rotatable bonds is 2. The molecule has 0 radical (unpaired) electrons. The molecule has 1 amide bonds. The number of amides is 1. The van der Waals surface area contributed by atoms with E-state index >= 15 is 0 Å². The van der Waals surface area contributed by atoms with Crippen molar-refractivity contribution < 1.29 is 9.90 Å². The van der Waals surface area contributed by atoms with Crippen molar-refractivity contribution in [3.63, 3.8) is 0 Å². The van der Waals surface area contributed by atoms with E-state index in [1.165, 1.54) is 11.8 Å². The summed E-state index contributed by atoms with van der Waals surface area (Å²) in [6.45, 7) is 14.5. The van der Waals surface area contributed by atoms with E-state index < -0.39 is 0 Å². The molecule has 158 valence electrons. The van der Waals surface area contributed by atoms with Crippen LogP contribution in [0, 0.1) is 6.92 Å². The first-order chi connectivity index (χ1) is 13.8. The number of anilines is 1. The first kappa shape index (κ1) is 22.6. The molecule has 1 aliphatic heterocycles. The molecule has 1 N–H and O–H groups in total. The number of thioether (sulfide) groups is 1. The van der Waals surface area contributed by atoms with Gasteiger partial charge in [0.25, 0.3) is 5.91 Å². The zero-order valence-electron chi connectivity index (χ0n) is 18.7. The molecule has 0 spiro atoms. The van der Waals surface area contributed by atoms with Crippen molar-refractivity contribution in [2.24, 2.45) is 0 Å². The summed E-state index contributed by atoms with van der Waals surface area (Å²) in [5.41, 5.74) is 4.09. The molecule has 3 rings (SSSR count). The predicted octanol–water partition coefficient (Wildman–Crippen LogP) is 6.70. The number of benzene rings is 2. The van der Waals surface area contributed by atoms with Crippen LogP contribution in [0.3, 0.4) is 0 Å². The third kappa shape index (κ3) is 4.47. The molecule has 3 nitrogen and oxygen atoms in total. The van der Waals surface area contributed by atoms with Crippen LogP contribution in [0.15, 0.2) is 41.3 Å².